The monoisotopic (exact) mass is 205 g/mol. The molecule has 3 nitrogen and oxygen atoms in total. The van der Waals surface area contributed by atoms with Crippen LogP contribution in [-0.2, 0) is 0 Å². The summed E-state index contributed by atoms with van der Waals surface area (Å²) in [6, 6.07) is 9.99. The van der Waals surface area contributed by atoms with E-state index >= 15 is 0 Å². The normalized spacial score (nSPS) is 10.1. The number of benzene rings is 1. The smallest absolute Gasteiger partial charge is 0.202 e. The molecule has 0 saturated carbocycles. The average Bonchev–Trinajstić information content (AvgIpc) is 2.68. The Morgan fingerprint density at radius 3 is 2.79 bits per heavy atom. The van der Waals surface area contributed by atoms with Gasteiger partial charge in [-0.2, -0.15) is 9.36 Å². The molecule has 0 fully saturated rings. The quantitative estimate of drug-likeness (QED) is 0.837. The van der Waals surface area contributed by atoms with Crippen molar-refractivity contribution < 1.29 is 0 Å². The Kier molecular flexibility index (Phi) is 2.74. The third-order valence-electron chi connectivity index (χ3n) is 1.79. The summed E-state index contributed by atoms with van der Waals surface area (Å²) < 4.78 is 4.27. The van der Waals surface area contributed by atoms with Crippen molar-refractivity contribution in [2.45, 2.75) is 6.92 Å². The van der Waals surface area contributed by atoms with Crippen LogP contribution in [0.2, 0.25) is 0 Å². The first-order valence-corrected chi connectivity index (χ1v) is 5.30. The molecule has 0 amide bonds. The molecule has 4 heteroatoms. The second-order valence-electron chi connectivity index (χ2n) is 2.82. The zero-order valence-corrected chi connectivity index (χ0v) is 8.71. The molecule has 0 spiro atoms. The van der Waals surface area contributed by atoms with Crippen molar-refractivity contribution in [1.29, 1.82) is 0 Å². The van der Waals surface area contributed by atoms with Crippen LogP contribution in [0.1, 0.15) is 6.92 Å². The molecule has 1 aromatic carbocycles. The van der Waals surface area contributed by atoms with Gasteiger partial charge in [0.2, 0.25) is 5.13 Å². The van der Waals surface area contributed by atoms with Gasteiger partial charge in [-0.25, -0.2) is 0 Å². The second-order valence-corrected chi connectivity index (χ2v) is 3.57. The van der Waals surface area contributed by atoms with Gasteiger partial charge in [-0.3, -0.25) is 0 Å². The summed E-state index contributed by atoms with van der Waals surface area (Å²) in [5.41, 5.74) is 1.06. The molecule has 0 saturated heterocycles. The minimum atomic E-state index is 0.798. The fourth-order valence-electron chi connectivity index (χ4n) is 1.15. The number of anilines is 1. The van der Waals surface area contributed by atoms with Crippen LogP contribution in [0.15, 0.2) is 30.3 Å². The lowest BCUT2D eigenvalue weighted by Crippen LogP contribution is -1.94. The summed E-state index contributed by atoms with van der Waals surface area (Å²) in [4.78, 5) is 4.37. The van der Waals surface area contributed by atoms with Crippen molar-refractivity contribution in [3.8, 4) is 11.4 Å². The van der Waals surface area contributed by atoms with Crippen LogP contribution < -0.4 is 5.32 Å². The highest BCUT2D eigenvalue weighted by Gasteiger charge is 2.03. The number of hydrogen-bond donors (Lipinski definition) is 1. The number of aromatic nitrogens is 2. The predicted molar refractivity (Wildman–Crippen MR) is 59.5 cm³/mol. The largest absolute Gasteiger partial charge is 0.361 e. The molecule has 72 valence electrons. The van der Waals surface area contributed by atoms with Crippen molar-refractivity contribution in [2.75, 3.05) is 11.9 Å². The van der Waals surface area contributed by atoms with Crippen molar-refractivity contribution in [2.24, 2.45) is 0 Å². The Labute approximate surface area is 87.0 Å². The van der Waals surface area contributed by atoms with Crippen LogP contribution in [0.5, 0.6) is 0 Å². The minimum Gasteiger partial charge on any atom is -0.361 e. The van der Waals surface area contributed by atoms with Gasteiger partial charge in [-0.15, -0.1) is 0 Å². The van der Waals surface area contributed by atoms with E-state index in [1.54, 1.807) is 0 Å². The highest BCUT2D eigenvalue weighted by Crippen LogP contribution is 2.20. The fourth-order valence-corrected chi connectivity index (χ4v) is 1.81. The van der Waals surface area contributed by atoms with E-state index in [1.807, 2.05) is 37.3 Å². The van der Waals surface area contributed by atoms with Crippen LogP contribution in [0, 0.1) is 0 Å². The average molecular weight is 205 g/mol. The maximum Gasteiger partial charge on any atom is 0.202 e. The van der Waals surface area contributed by atoms with Gasteiger partial charge in [0.15, 0.2) is 5.82 Å². The predicted octanol–water partition coefficient (Wildman–Crippen LogP) is 2.64. The molecule has 0 unspecified atom stereocenters. The Hall–Kier alpha value is -1.42. The van der Waals surface area contributed by atoms with Gasteiger partial charge in [0, 0.05) is 23.6 Å². The third kappa shape index (κ3) is 1.90. The van der Waals surface area contributed by atoms with E-state index in [9.17, 15) is 0 Å². The summed E-state index contributed by atoms with van der Waals surface area (Å²) in [5, 5.41) is 4.02. The molecule has 0 aliphatic carbocycles. The first kappa shape index (κ1) is 9.15. The van der Waals surface area contributed by atoms with Gasteiger partial charge >= 0.3 is 0 Å². The van der Waals surface area contributed by atoms with E-state index in [0.29, 0.717) is 0 Å². The Bertz CT molecular complexity index is 397. The van der Waals surface area contributed by atoms with Crippen molar-refractivity contribution >= 4 is 16.7 Å². The summed E-state index contributed by atoms with van der Waals surface area (Å²) in [6.07, 6.45) is 0. The Balaban J connectivity index is 2.25. The summed E-state index contributed by atoms with van der Waals surface area (Å²) in [5.74, 6) is 0.798. The topological polar surface area (TPSA) is 37.8 Å². The molecule has 0 radical (unpaired) electrons. The molecule has 0 aliphatic heterocycles. The van der Waals surface area contributed by atoms with E-state index in [4.69, 9.17) is 0 Å². The number of hydrogen-bond acceptors (Lipinski definition) is 4. The van der Waals surface area contributed by atoms with E-state index < -0.39 is 0 Å². The number of nitrogens with zero attached hydrogens (tertiary/aromatic N) is 2. The Morgan fingerprint density at radius 2 is 2.07 bits per heavy atom. The lowest BCUT2D eigenvalue weighted by Gasteiger charge is -1.93. The minimum absolute atomic E-state index is 0.798. The molecule has 1 N–H and O–H groups in total. The van der Waals surface area contributed by atoms with E-state index in [-0.39, 0.29) is 0 Å². The molecular formula is C10H11N3S. The highest BCUT2D eigenvalue weighted by atomic mass is 32.1. The Morgan fingerprint density at radius 1 is 1.29 bits per heavy atom. The van der Waals surface area contributed by atoms with E-state index in [0.717, 1.165) is 23.1 Å². The number of rotatable bonds is 3. The molecular weight excluding hydrogens is 194 g/mol. The standard InChI is InChI=1S/C10H11N3S/c1-2-11-10-12-9(13-14-10)8-6-4-3-5-7-8/h3-7H,2H2,1H3,(H,11,12,13). The van der Waals surface area contributed by atoms with Crippen LogP contribution in [0.3, 0.4) is 0 Å². The van der Waals surface area contributed by atoms with Crippen LogP contribution in [0.25, 0.3) is 11.4 Å². The molecule has 1 aromatic heterocycles. The van der Waals surface area contributed by atoms with Gasteiger partial charge < -0.3 is 5.32 Å². The summed E-state index contributed by atoms with van der Waals surface area (Å²) in [7, 11) is 0. The van der Waals surface area contributed by atoms with Crippen LogP contribution in [-0.4, -0.2) is 15.9 Å². The van der Waals surface area contributed by atoms with E-state index in [1.165, 1.54) is 11.5 Å². The molecule has 2 rings (SSSR count). The number of nitrogens with one attached hydrogen (secondary N) is 1. The molecule has 0 bridgehead atoms. The highest BCUT2D eigenvalue weighted by molar-refractivity contribution is 7.09. The summed E-state index contributed by atoms with van der Waals surface area (Å²) >= 11 is 1.40. The molecule has 0 atom stereocenters. The van der Waals surface area contributed by atoms with Crippen LogP contribution >= 0.6 is 11.5 Å². The van der Waals surface area contributed by atoms with Crippen molar-refractivity contribution in [1.82, 2.24) is 9.36 Å². The molecule has 0 aliphatic rings. The zero-order chi connectivity index (χ0) is 9.80. The molecule has 2 aromatic rings. The van der Waals surface area contributed by atoms with Gasteiger partial charge in [-0.05, 0) is 6.92 Å². The van der Waals surface area contributed by atoms with Gasteiger partial charge in [0.25, 0.3) is 0 Å². The SMILES string of the molecule is CCNc1nc(-c2ccccc2)ns1. The first-order valence-electron chi connectivity index (χ1n) is 4.53. The molecule has 14 heavy (non-hydrogen) atoms. The zero-order valence-electron chi connectivity index (χ0n) is 7.90. The summed E-state index contributed by atoms with van der Waals surface area (Å²) in [6.45, 7) is 2.92. The third-order valence-corrected chi connectivity index (χ3v) is 2.46. The maximum atomic E-state index is 4.37. The van der Waals surface area contributed by atoms with E-state index in [2.05, 4.69) is 14.7 Å². The lowest BCUT2D eigenvalue weighted by molar-refractivity contribution is 1.19. The van der Waals surface area contributed by atoms with Crippen LogP contribution in [0.4, 0.5) is 5.13 Å². The van der Waals surface area contributed by atoms with Gasteiger partial charge in [-0.1, -0.05) is 30.3 Å². The second kappa shape index (κ2) is 4.19. The van der Waals surface area contributed by atoms with Crippen molar-refractivity contribution in [3.05, 3.63) is 30.3 Å². The lowest BCUT2D eigenvalue weighted by atomic mass is 10.2. The fraction of sp³-hybridized carbons (Fsp3) is 0.200. The van der Waals surface area contributed by atoms with Gasteiger partial charge in [0.1, 0.15) is 0 Å². The van der Waals surface area contributed by atoms with Crippen molar-refractivity contribution in [3.63, 3.8) is 0 Å². The van der Waals surface area contributed by atoms with Gasteiger partial charge in [0.05, 0.1) is 0 Å². The maximum absolute atomic E-state index is 4.37. The molecule has 1 heterocycles. The first-order chi connectivity index (χ1) is 6.90.